The Balaban J connectivity index is 1.52. The first-order valence-corrected chi connectivity index (χ1v) is 12.9. The van der Waals surface area contributed by atoms with Crippen LogP contribution >= 0.6 is 0 Å². The average molecular weight is 570 g/mol. The first-order chi connectivity index (χ1) is 18.8. The van der Waals surface area contributed by atoms with Gasteiger partial charge in [0.1, 0.15) is 5.82 Å². The van der Waals surface area contributed by atoms with E-state index in [1.165, 1.54) is 4.90 Å². The van der Waals surface area contributed by atoms with Gasteiger partial charge in [0.05, 0.1) is 28.1 Å². The van der Waals surface area contributed by atoms with E-state index in [0.717, 1.165) is 6.42 Å². The summed E-state index contributed by atoms with van der Waals surface area (Å²) in [6.45, 7) is 5.52. The zero-order chi connectivity index (χ0) is 29.2. The van der Waals surface area contributed by atoms with E-state index in [9.17, 15) is 35.9 Å². The maximum atomic E-state index is 13.2. The second kappa shape index (κ2) is 11.5. The Kier molecular flexibility index (Phi) is 8.43. The third-order valence-corrected chi connectivity index (χ3v) is 6.90. The Morgan fingerprint density at radius 1 is 0.950 bits per heavy atom. The SMILES string of the molecule is CCCn1c(C(CC)N2CCN(C(=O)Nc3cc(C(F)(F)F)cc(C(F)(F)F)c3)CC2)nc2ccccc2c1=O. The van der Waals surface area contributed by atoms with E-state index in [1.54, 1.807) is 22.8 Å². The van der Waals surface area contributed by atoms with Gasteiger partial charge in [-0.2, -0.15) is 26.3 Å². The number of carbonyl (C=O) groups excluding carboxylic acids is 1. The van der Waals surface area contributed by atoms with E-state index in [-0.39, 0.29) is 30.8 Å². The summed E-state index contributed by atoms with van der Waals surface area (Å²) in [6.07, 6.45) is -8.68. The van der Waals surface area contributed by atoms with E-state index < -0.39 is 35.2 Å². The first-order valence-electron chi connectivity index (χ1n) is 12.9. The quantitative estimate of drug-likeness (QED) is 0.362. The second-order valence-corrected chi connectivity index (χ2v) is 9.62. The Morgan fingerprint density at radius 2 is 1.55 bits per heavy atom. The summed E-state index contributed by atoms with van der Waals surface area (Å²) in [5.74, 6) is 0.620. The minimum atomic E-state index is -5.02. The number of alkyl halides is 6. The summed E-state index contributed by atoms with van der Waals surface area (Å²) in [5.41, 5.74) is -3.14. The molecule has 4 rings (SSSR count). The van der Waals surface area contributed by atoms with Crippen LogP contribution in [0.25, 0.3) is 10.9 Å². The van der Waals surface area contributed by atoms with Crippen molar-refractivity contribution in [2.45, 2.75) is 51.6 Å². The molecule has 1 aromatic heterocycles. The zero-order valence-corrected chi connectivity index (χ0v) is 21.9. The highest BCUT2D eigenvalue weighted by Gasteiger charge is 2.37. The van der Waals surface area contributed by atoms with Crippen LogP contribution in [-0.2, 0) is 18.9 Å². The van der Waals surface area contributed by atoms with Crippen LogP contribution < -0.4 is 10.9 Å². The van der Waals surface area contributed by atoms with Gasteiger partial charge in [0, 0.05) is 38.4 Å². The number of hydrogen-bond acceptors (Lipinski definition) is 4. The third kappa shape index (κ3) is 6.24. The van der Waals surface area contributed by atoms with Crippen molar-refractivity contribution in [3.05, 3.63) is 69.8 Å². The number of amides is 2. The number of carbonyl (C=O) groups is 1. The summed E-state index contributed by atoms with van der Waals surface area (Å²) < 4.78 is 80.8. The van der Waals surface area contributed by atoms with E-state index in [4.69, 9.17) is 4.98 Å². The molecule has 2 heterocycles. The van der Waals surface area contributed by atoms with Crippen LogP contribution in [0.3, 0.4) is 0 Å². The number of rotatable bonds is 6. The van der Waals surface area contributed by atoms with Crippen LogP contribution in [-0.4, -0.2) is 51.6 Å². The van der Waals surface area contributed by atoms with Gasteiger partial charge in [-0.05, 0) is 43.2 Å². The number of fused-ring (bicyclic) bond motifs is 1. The maximum absolute atomic E-state index is 13.2. The Morgan fingerprint density at radius 3 is 2.10 bits per heavy atom. The molecule has 0 saturated carbocycles. The molecule has 0 bridgehead atoms. The molecule has 2 aromatic carbocycles. The van der Waals surface area contributed by atoms with Crippen LogP contribution in [0.5, 0.6) is 0 Å². The van der Waals surface area contributed by atoms with Gasteiger partial charge in [-0.3, -0.25) is 14.3 Å². The van der Waals surface area contributed by atoms with Crippen LogP contribution in [0, 0.1) is 0 Å². The predicted octanol–water partition coefficient (Wildman–Crippen LogP) is 6.14. The van der Waals surface area contributed by atoms with Crippen molar-refractivity contribution < 1.29 is 31.1 Å². The highest BCUT2D eigenvalue weighted by Crippen LogP contribution is 2.37. The van der Waals surface area contributed by atoms with E-state index in [1.807, 2.05) is 19.9 Å². The van der Waals surface area contributed by atoms with Gasteiger partial charge in [0.25, 0.3) is 5.56 Å². The Labute approximate surface area is 226 Å². The highest BCUT2D eigenvalue weighted by atomic mass is 19.4. The zero-order valence-electron chi connectivity index (χ0n) is 21.9. The van der Waals surface area contributed by atoms with Crippen molar-refractivity contribution in [2.24, 2.45) is 0 Å². The van der Waals surface area contributed by atoms with Crippen LogP contribution in [0.2, 0.25) is 0 Å². The molecular formula is C27H29F6N5O2. The third-order valence-electron chi connectivity index (χ3n) is 6.90. The van der Waals surface area contributed by atoms with Crippen molar-refractivity contribution in [1.82, 2.24) is 19.4 Å². The fourth-order valence-electron chi connectivity index (χ4n) is 4.95. The van der Waals surface area contributed by atoms with Crippen molar-refractivity contribution >= 4 is 22.6 Å². The minimum absolute atomic E-state index is 0.0122. The van der Waals surface area contributed by atoms with Crippen molar-refractivity contribution in [2.75, 3.05) is 31.5 Å². The molecule has 7 nitrogen and oxygen atoms in total. The second-order valence-electron chi connectivity index (χ2n) is 9.62. The summed E-state index contributed by atoms with van der Waals surface area (Å²) in [6, 6.07) is 7.06. The fourth-order valence-corrected chi connectivity index (χ4v) is 4.95. The van der Waals surface area contributed by atoms with Gasteiger partial charge in [0.15, 0.2) is 0 Å². The highest BCUT2D eigenvalue weighted by molar-refractivity contribution is 5.89. The monoisotopic (exact) mass is 569 g/mol. The smallest absolute Gasteiger partial charge is 0.322 e. The molecule has 0 radical (unpaired) electrons. The average Bonchev–Trinajstić information content (AvgIpc) is 2.90. The summed E-state index contributed by atoms with van der Waals surface area (Å²) in [7, 11) is 0. The predicted molar refractivity (Wildman–Crippen MR) is 138 cm³/mol. The van der Waals surface area contributed by atoms with Crippen molar-refractivity contribution in [3.8, 4) is 0 Å². The topological polar surface area (TPSA) is 70.5 Å². The lowest BCUT2D eigenvalue weighted by atomic mass is 10.1. The molecule has 13 heteroatoms. The molecule has 0 spiro atoms. The number of piperazine rings is 1. The molecule has 216 valence electrons. The van der Waals surface area contributed by atoms with Gasteiger partial charge >= 0.3 is 18.4 Å². The molecule has 0 aliphatic carbocycles. The largest absolute Gasteiger partial charge is 0.416 e. The fraction of sp³-hybridized carbons (Fsp3) is 0.444. The standard InChI is InChI=1S/C27H29F6N5O2/c1-3-9-38-23(35-21-8-6-5-7-20(21)24(38)39)22(4-2)36-10-12-37(13-11-36)25(40)34-19-15-17(26(28,29)30)14-18(16-19)27(31,32)33/h5-8,14-16,22H,3-4,9-13H2,1-2H3,(H,34,40). The first kappa shape index (κ1) is 29.4. The molecule has 1 saturated heterocycles. The molecule has 3 aromatic rings. The number of hydrogen-bond donors (Lipinski definition) is 1. The lowest BCUT2D eigenvalue weighted by molar-refractivity contribution is -0.143. The molecule has 40 heavy (non-hydrogen) atoms. The Bertz CT molecular complexity index is 1400. The molecule has 2 amide bonds. The van der Waals surface area contributed by atoms with Gasteiger partial charge < -0.3 is 10.2 Å². The summed E-state index contributed by atoms with van der Waals surface area (Å²) >= 11 is 0. The van der Waals surface area contributed by atoms with Crippen molar-refractivity contribution in [1.29, 1.82) is 0 Å². The summed E-state index contributed by atoms with van der Waals surface area (Å²) in [4.78, 5) is 34.3. The van der Waals surface area contributed by atoms with E-state index >= 15 is 0 Å². The minimum Gasteiger partial charge on any atom is -0.322 e. The van der Waals surface area contributed by atoms with Gasteiger partial charge in [-0.25, -0.2) is 9.78 Å². The Hall–Kier alpha value is -3.61. The van der Waals surface area contributed by atoms with E-state index in [0.29, 0.717) is 54.9 Å². The molecule has 1 fully saturated rings. The lowest BCUT2D eigenvalue weighted by Crippen LogP contribution is -2.51. The number of halogens is 6. The molecule has 1 aliphatic rings. The number of aromatic nitrogens is 2. The number of anilines is 1. The molecule has 1 unspecified atom stereocenters. The van der Waals surface area contributed by atoms with Gasteiger partial charge in [-0.1, -0.05) is 26.0 Å². The molecule has 1 aliphatic heterocycles. The van der Waals surface area contributed by atoms with Crippen LogP contribution in [0.4, 0.5) is 36.8 Å². The van der Waals surface area contributed by atoms with E-state index in [2.05, 4.69) is 10.2 Å². The van der Waals surface area contributed by atoms with Crippen LogP contribution in [0.15, 0.2) is 47.3 Å². The number of benzene rings is 2. The number of urea groups is 1. The molecule has 1 N–H and O–H groups in total. The summed E-state index contributed by atoms with van der Waals surface area (Å²) in [5, 5.41) is 2.72. The normalized spacial score (nSPS) is 15.8. The molecule has 1 atom stereocenters. The lowest BCUT2D eigenvalue weighted by Gasteiger charge is -2.39. The van der Waals surface area contributed by atoms with Crippen molar-refractivity contribution in [3.63, 3.8) is 0 Å². The molecular weight excluding hydrogens is 540 g/mol. The number of nitrogens with one attached hydrogen (secondary N) is 1. The van der Waals surface area contributed by atoms with Gasteiger partial charge in [-0.15, -0.1) is 0 Å². The number of nitrogens with zero attached hydrogens (tertiary/aromatic N) is 4. The van der Waals surface area contributed by atoms with Crippen LogP contribution in [0.1, 0.15) is 49.7 Å². The van der Waals surface area contributed by atoms with Gasteiger partial charge in [0.2, 0.25) is 0 Å². The maximum Gasteiger partial charge on any atom is 0.416 e. The number of para-hydroxylation sites is 1.